The fourth-order valence-electron chi connectivity index (χ4n) is 1.56. The third-order valence-electron chi connectivity index (χ3n) is 2.34. The van der Waals surface area contributed by atoms with Gasteiger partial charge in [0, 0.05) is 13.6 Å². The van der Waals surface area contributed by atoms with Crippen LogP contribution < -0.4 is 10.6 Å². The lowest BCUT2D eigenvalue weighted by atomic mass is 9.97. The summed E-state index contributed by atoms with van der Waals surface area (Å²) in [5.41, 5.74) is 1.60. The average molecular weight is 198 g/mol. The van der Waals surface area contributed by atoms with Gasteiger partial charge in [-0.05, 0) is 44.3 Å². The summed E-state index contributed by atoms with van der Waals surface area (Å²) in [6, 6.07) is 0. The Kier molecular flexibility index (Phi) is 4.83. The third-order valence-corrected chi connectivity index (χ3v) is 2.69. The van der Waals surface area contributed by atoms with Gasteiger partial charge < -0.3 is 10.6 Å². The quantitative estimate of drug-likeness (QED) is 0.535. The van der Waals surface area contributed by atoms with E-state index < -0.39 is 0 Å². The van der Waals surface area contributed by atoms with E-state index in [0.29, 0.717) is 0 Å². The first-order chi connectivity index (χ1) is 6.33. The van der Waals surface area contributed by atoms with Crippen molar-refractivity contribution in [2.24, 2.45) is 0 Å². The van der Waals surface area contributed by atoms with Crippen molar-refractivity contribution < 1.29 is 0 Å². The predicted molar refractivity (Wildman–Crippen MR) is 60.8 cm³/mol. The van der Waals surface area contributed by atoms with Crippen molar-refractivity contribution in [2.75, 3.05) is 13.6 Å². The lowest BCUT2D eigenvalue weighted by Crippen LogP contribution is -2.33. The fraction of sp³-hybridized carbons (Fsp3) is 0.700. The van der Waals surface area contributed by atoms with Gasteiger partial charge in [-0.1, -0.05) is 11.6 Å². The second-order valence-corrected chi connectivity index (χ2v) is 3.77. The van der Waals surface area contributed by atoms with Gasteiger partial charge in [-0.3, -0.25) is 0 Å². The molecule has 2 nitrogen and oxygen atoms in total. The number of rotatable bonds is 3. The minimum absolute atomic E-state index is 0.747. The highest BCUT2D eigenvalue weighted by Crippen LogP contribution is 2.19. The van der Waals surface area contributed by atoms with Gasteiger partial charge in [0.25, 0.3) is 0 Å². The molecule has 0 saturated heterocycles. The summed E-state index contributed by atoms with van der Waals surface area (Å²) in [6.45, 7) is 0.964. The molecule has 74 valence electrons. The van der Waals surface area contributed by atoms with Crippen molar-refractivity contribution in [3.05, 3.63) is 11.6 Å². The summed E-state index contributed by atoms with van der Waals surface area (Å²) in [7, 11) is 1.84. The highest BCUT2D eigenvalue weighted by atomic mass is 32.1. The largest absolute Gasteiger partial charge is 0.366 e. The average Bonchev–Trinajstić information content (AvgIpc) is 2.19. The molecule has 0 aromatic carbocycles. The highest BCUT2D eigenvalue weighted by molar-refractivity contribution is 7.80. The number of nitrogens with one attached hydrogen (secondary N) is 2. The van der Waals surface area contributed by atoms with Crippen molar-refractivity contribution in [1.82, 2.24) is 10.6 Å². The van der Waals surface area contributed by atoms with Crippen LogP contribution in [0.25, 0.3) is 0 Å². The fourth-order valence-corrected chi connectivity index (χ4v) is 1.66. The standard InChI is InChI=1S/C10H18N2S/c1-11-10(13)12-8-7-9-5-3-2-4-6-9/h5H,2-4,6-8H2,1H3,(H2,11,12,13). The molecule has 3 heteroatoms. The molecule has 0 saturated carbocycles. The zero-order valence-corrected chi connectivity index (χ0v) is 9.04. The molecule has 1 rings (SSSR count). The van der Waals surface area contributed by atoms with Crippen molar-refractivity contribution in [2.45, 2.75) is 32.1 Å². The molecule has 0 radical (unpaired) electrons. The van der Waals surface area contributed by atoms with Crippen LogP contribution in [-0.4, -0.2) is 18.7 Å². The Morgan fingerprint density at radius 2 is 2.38 bits per heavy atom. The maximum Gasteiger partial charge on any atom is 0.166 e. The first kappa shape index (κ1) is 10.5. The smallest absolute Gasteiger partial charge is 0.166 e. The Morgan fingerprint density at radius 3 is 3.00 bits per heavy atom. The summed E-state index contributed by atoms with van der Waals surface area (Å²) in [4.78, 5) is 0. The molecule has 0 atom stereocenters. The van der Waals surface area contributed by atoms with Crippen molar-refractivity contribution in [1.29, 1.82) is 0 Å². The van der Waals surface area contributed by atoms with E-state index in [1.807, 2.05) is 7.05 Å². The maximum atomic E-state index is 4.98. The molecule has 13 heavy (non-hydrogen) atoms. The Hall–Kier alpha value is -0.570. The van der Waals surface area contributed by atoms with Gasteiger partial charge >= 0.3 is 0 Å². The van der Waals surface area contributed by atoms with Crippen LogP contribution in [0, 0.1) is 0 Å². The van der Waals surface area contributed by atoms with E-state index in [4.69, 9.17) is 12.2 Å². The molecule has 1 aliphatic carbocycles. The number of hydrogen-bond donors (Lipinski definition) is 2. The van der Waals surface area contributed by atoms with Gasteiger partial charge in [-0.2, -0.15) is 0 Å². The van der Waals surface area contributed by atoms with Crippen LogP contribution in [0.4, 0.5) is 0 Å². The summed E-state index contributed by atoms with van der Waals surface area (Å²) < 4.78 is 0. The zero-order chi connectivity index (χ0) is 9.52. The topological polar surface area (TPSA) is 24.1 Å². The molecule has 0 fully saturated rings. The van der Waals surface area contributed by atoms with Gasteiger partial charge in [-0.15, -0.1) is 0 Å². The summed E-state index contributed by atoms with van der Waals surface area (Å²) in [5, 5.41) is 6.81. The van der Waals surface area contributed by atoms with Crippen molar-refractivity contribution in [3.63, 3.8) is 0 Å². The highest BCUT2D eigenvalue weighted by Gasteiger charge is 2.02. The van der Waals surface area contributed by atoms with Gasteiger partial charge in [0.2, 0.25) is 0 Å². The van der Waals surface area contributed by atoms with Crippen LogP contribution in [-0.2, 0) is 0 Å². The second-order valence-electron chi connectivity index (χ2n) is 3.36. The molecule has 0 unspecified atom stereocenters. The molecule has 0 spiro atoms. The number of hydrogen-bond acceptors (Lipinski definition) is 1. The van der Waals surface area contributed by atoms with Crippen molar-refractivity contribution in [3.8, 4) is 0 Å². The monoisotopic (exact) mass is 198 g/mol. The van der Waals surface area contributed by atoms with Gasteiger partial charge in [0.05, 0.1) is 0 Å². The van der Waals surface area contributed by atoms with E-state index in [1.165, 1.54) is 25.7 Å². The van der Waals surface area contributed by atoms with E-state index in [-0.39, 0.29) is 0 Å². The van der Waals surface area contributed by atoms with Gasteiger partial charge in [0.15, 0.2) is 5.11 Å². The Morgan fingerprint density at radius 1 is 1.54 bits per heavy atom. The van der Waals surface area contributed by atoms with Crippen LogP contribution in [0.5, 0.6) is 0 Å². The maximum absolute atomic E-state index is 4.98. The Bertz CT molecular complexity index is 199. The molecule has 0 aromatic heterocycles. The second kappa shape index (κ2) is 5.97. The van der Waals surface area contributed by atoms with E-state index in [0.717, 1.165) is 18.1 Å². The first-order valence-electron chi connectivity index (χ1n) is 4.96. The van der Waals surface area contributed by atoms with E-state index in [1.54, 1.807) is 5.57 Å². The molecule has 0 aliphatic heterocycles. The Labute approximate surface area is 85.8 Å². The summed E-state index contributed by atoms with van der Waals surface area (Å²) in [5.74, 6) is 0. The number of thiocarbonyl (C=S) groups is 1. The SMILES string of the molecule is CNC(=S)NCCC1=CCCCC1. The van der Waals surface area contributed by atoms with Crippen LogP contribution >= 0.6 is 12.2 Å². The number of allylic oxidation sites excluding steroid dienone is 1. The minimum Gasteiger partial charge on any atom is -0.366 e. The van der Waals surface area contributed by atoms with Crippen molar-refractivity contribution >= 4 is 17.3 Å². The predicted octanol–water partition coefficient (Wildman–Crippen LogP) is 1.97. The lowest BCUT2D eigenvalue weighted by Gasteiger charge is -2.13. The Balaban J connectivity index is 2.11. The summed E-state index contributed by atoms with van der Waals surface area (Å²) >= 11 is 4.98. The van der Waals surface area contributed by atoms with Crippen LogP contribution in [0.1, 0.15) is 32.1 Å². The molecule has 0 heterocycles. The van der Waals surface area contributed by atoms with E-state index in [2.05, 4.69) is 16.7 Å². The molecule has 0 aromatic rings. The molecule has 2 N–H and O–H groups in total. The van der Waals surface area contributed by atoms with Crippen LogP contribution in [0.3, 0.4) is 0 Å². The van der Waals surface area contributed by atoms with Crippen LogP contribution in [0.2, 0.25) is 0 Å². The zero-order valence-electron chi connectivity index (χ0n) is 8.23. The third kappa shape index (κ3) is 4.27. The van der Waals surface area contributed by atoms with E-state index in [9.17, 15) is 0 Å². The molecular formula is C10H18N2S. The normalized spacial score (nSPS) is 16.2. The van der Waals surface area contributed by atoms with Crippen LogP contribution in [0.15, 0.2) is 11.6 Å². The minimum atomic E-state index is 0.747. The molecule has 1 aliphatic rings. The van der Waals surface area contributed by atoms with Gasteiger partial charge in [0.1, 0.15) is 0 Å². The molecule has 0 bridgehead atoms. The first-order valence-corrected chi connectivity index (χ1v) is 5.37. The van der Waals surface area contributed by atoms with Gasteiger partial charge in [-0.25, -0.2) is 0 Å². The lowest BCUT2D eigenvalue weighted by molar-refractivity contribution is 0.668. The van der Waals surface area contributed by atoms with E-state index >= 15 is 0 Å². The molecule has 0 amide bonds. The summed E-state index contributed by atoms with van der Waals surface area (Å²) in [6.07, 6.45) is 8.81. The molecular weight excluding hydrogens is 180 g/mol.